The molecule has 2 heterocycles. The minimum atomic E-state index is 0.329. The molecule has 0 aromatic carbocycles. The van der Waals surface area contributed by atoms with Crippen molar-refractivity contribution in [3.05, 3.63) is 45.0 Å². The molecule has 2 nitrogen and oxygen atoms in total. The van der Waals surface area contributed by atoms with E-state index in [-0.39, 0.29) is 0 Å². The summed E-state index contributed by atoms with van der Waals surface area (Å²) in [4.78, 5) is 2.75. The second-order valence-corrected chi connectivity index (χ2v) is 5.86. The molecule has 92 valence electrons. The zero-order valence-corrected chi connectivity index (χ0v) is 11.6. The van der Waals surface area contributed by atoms with Gasteiger partial charge in [0.15, 0.2) is 0 Å². The third-order valence-corrected chi connectivity index (χ3v) is 3.93. The van der Waals surface area contributed by atoms with Gasteiger partial charge in [-0.15, -0.1) is 11.3 Å². The Morgan fingerprint density at radius 2 is 2.06 bits per heavy atom. The van der Waals surface area contributed by atoms with E-state index in [0.717, 1.165) is 18.1 Å². The molecule has 0 amide bonds. The van der Waals surface area contributed by atoms with Gasteiger partial charge in [0.2, 0.25) is 0 Å². The third-order valence-electron chi connectivity index (χ3n) is 2.92. The first-order valence-corrected chi connectivity index (χ1v) is 6.73. The van der Waals surface area contributed by atoms with E-state index in [4.69, 9.17) is 4.42 Å². The van der Waals surface area contributed by atoms with Gasteiger partial charge in [-0.1, -0.05) is 0 Å². The maximum absolute atomic E-state index is 5.55. The molecular formula is C14H19NOS. The lowest BCUT2D eigenvalue weighted by atomic mass is 10.1. The lowest BCUT2D eigenvalue weighted by molar-refractivity contribution is 0.490. The average Bonchev–Trinajstić information content (AvgIpc) is 2.81. The summed E-state index contributed by atoms with van der Waals surface area (Å²) < 4.78 is 5.55. The van der Waals surface area contributed by atoms with Crippen molar-refractivity contribution in [2.75, 3.05) is 0 Å². The van der Waals surface area contributed by atoms with Crippen LogP contribution in [0.2, 0.25) is 0 Å². The van der Waals surface area contributed by atoms with Crippen LogP contribution in [0.1, 0.15) is 39.8 Å². The molecular weight excluding hydrogens is 230 g/mol. The van der Waals surface area contributed by atoms with E-state index in [0.29, 0.717) is 6.04 Å². The van der Waals surface area contributed by atoms with E-state index >= 15 is 0 Å². The number of rotatable bonds is 4. The Morgan fingerprint density at radius 1 is 1.29 bits per heavy atom. The Morgan fingerprint density at radius 3 is 2.59 bits per heavy atom. The molecule has 2 aromatic rings. The van der Waals surface area contributed by atoms with Crippen LogP contribution in [0.5, 0.6) is 0 Å². The van der Waals surface area contributed by atoms with Gasteiger partial charge in [-0.2, -0.15) is 0 Å². The van der Waals surface area contributed by atoms with Crippen molar-refractivity contribution in [1.29, 1.82) is 0 Å². The number of aryl methyl sites for hydroxylation is 3. The fourth-order valence-electron chi connectivity index (χ4n) is 2.02. The minimum absolute atomic E-state index is 0.329. The van der Waals surface area contributed by atoms with Crippen LogP contribution < -0.4 is 5.32 Å². The van der Waals surface area contributed by atoms with Crippen molar-refractivity contribution < 1.29 is 4.42 Å². The predicted molar refractivity (Wildman–Crippen MR) is 72.5 cm³/mol. The highest BCUT2D eigenvalue weighted by atomic mass is 32.1. The number of hydrogen-bond acceptors (Lipinski definition) is 3. The molecule has 0 aliphatic rings. The molecule has 2 rings (SSSR count). The van der Waals surface area contributed by atoms with E-state index in [1.165, 1.54) is 15.3 Å². The highest BCUT2D eigenvalue weighted by molar-refractivity contribution is 7.11. The maximum Gasteiger partial charge on any atom is 0.105 e. The van der Waals surface area contributed by atoms with Gasteiger partial charge in [0.1, 0.15) is 11.5 Å². The van der Waals surface area contributed by atoms with Crippen molar-refractivity contribution >= 4 is 11.3 Å². The van der Waals surface area contributed by atoms with Gasteiger partial charge in [-0.3, -0.25) is 0 Å². The van der Waals surface area contributed by atoms with E-state index in [1.54, 1.807) is 0 Å². The second kappa shape index (κ2) is 5.07. The van der Waals surface area contributed by atoms with Gasteiger partial charge in [-0.25, -0.2) is 0 Å². The zero-order valence-electron chi connectivity index (χ0n) is 10.8. The molecule has 1 unspecified atom stereocenters. The van der Waals surface area contributed by atoms with Gasteiger partial charge in [-0.05, 0) is 45.9 Å². The van der Waals surface area contributed by atoms with Crippen LogP contribution >= 0.6 is 11.3 Å². The van der Waals surface area contributed by atoms with Gasteiger partial charge in [0.05, 0.1) is 0 Å². The van der Waals surface area contributed by atoms with E-state index in [2.05, 4.69) is 37.4 Å². The maximum atomic E-state index is 5.55. The van der Waals surface area contributed by atoms with Crippen LogP contribution in [-0.4, -0.2) is 0 Å². The molecule has 0 fully saturated rings. The third kappa shape index (κ3) is 2.99. The average molecular weight is 249 g/mol. The van der Waals surface area contributed by atoms with E-state index < -0.39 is 0 Å². The standard InChI is InChI=1S/C14H19NOS/c1-9-7-14(12(4)16-9)11(3)15-8-13-6-5-10(2)17-13/h5-7,11,15H,8H2,1-4H3. The molecule has 0 aliphatic heterocycles. The van der Waals surface area contributed by atoms with E-state index in [1.807, 2.05) is 25.2 Å². The SMILES string of the molecule is Cc1cc(C(C)NCc2ccc(C)s2)c(C)o1. The van der Waals surface area contributed by atoms with Crippen molar-refractivity contribution in [2.24, 2.45) is 0 Å². The molecule has 0 aliphatic carbocycles. The lowest BCUT2D eigenvalue weighted by Crippen LogP contribution is -2.17. The Bertz CT molecular complexity index is 498. The molecule has 3 heteroatoms. The quantitative estimate of drug-likeness (QED) is 0.882. The molecule has 0 spiro atoms. The number of thiophene rings is 1. The zero-order chi connectivity index (χ0) is 12.4. The number of nitrogens with one attached hydrogen (secondary N) is 1. The molecule has 0 bridgehead atoms. The van der Waals surface area contributed by atoms with Gasteiger partial charge >= 0.3 is 0 Å². The molecule has 1 N–H and O–H groups in total. The topological polar surface area (TPSA) is 25.2 Å². The van der Waals surface area contributed by atoms with Gasteiger partial charge in [0.25, 0.3) is 0 Å². The highest BCUT2D eigenvalue weighted by Crippen LogP contribution is 2.22. The summed E-state index contributed by atoms with van der Waals surface area (Å²) in [5.74, 6) is 2.00. The Kier molecular flexibility index (Phi) is 3.69. The van der Waals surface area contributed by atoms with Gasteiger partial charge < -0.3 is 9.73 Å². The fraction of sp³-hybridized carbons (Fsp3) is 0.429. The summed E-state index contributed by atoms with van der Waals surface area (Å²) in [6, 6.07) is 6.80. The first-order valence-electron chi connectivity index (χ1n) is 5.92. The fourth-order valence-corrected chi connectivity index (χ4v) is 2.87. The van der Waals surface area contributed by atoms with Crippen molar-refractivity contribution in [3.8, 4) is 0 Å². The molecule has 0 radical (unpaired) electrons. The first kappa shape index (κ1) is 12.4. The predicted octanol–water partition coefficient (Wildman–Crippen LogP) is 4.12. The van der Waals surface area contributed by atoms with Crippen LogP contribution in [0.15, 0.2) is 22.6 Å². The van der Waals surface area contributed by atoms with Crippen LogP contribution in [0.25, 0.3) is 0 Å². The monoisotopic (exact) mass is 249 g/mol. The van der Waals surface area contributed by atoms with E-state index in [9.17, 15) is 0 Å². The normalized spacial score (nSPS) is 12.9. The number of furan rings is 1. The Labute approximate surface area is 107 Å². The highest BCUT2D eigenvalue weighted by Gasteiger charge is 2.12. The van der Waals surface area contributed by atoms with Crippen LogP contribution in [0.3, 0.4) is 0 Å². The molecule has 17 heavy (non-hydrogen) atoms. The Hall–Kier alpha value is -1.06. The summed E-state index contributed by atoms with van der Waals surface area (Å²) in [5, 5.41) is 3.53. The molecule has 2 aromatic heterocycles. The molecule has 1 atom stereocenters. The molecule has 0 saturated carbocycles. The molecule has 0 saturated heterocycles. The summed E-state index contributed by atoms with van der Waals surface area (Å²) >= 11 is 1.85. The van der Waals surface area contributed by atoms with Crippen molar-refractivity contribution in [3.63, 3.8) is 0 Å². The van der Waals surface area contributed by atoms with Crippen molar-refractivity contribution in [2.45, 2.75) is 40.3 Å². The number of hydrogen-bond donors (Lipinski definition) is 1. The van der Waals surface area contributed by atoms with Crippen LogP contribution in [0.4, 0.5) is 0 Å². The Balaban J connectivity index is 1.97. The van der Waals surface area contributed by atoms with Gasteiger partial charge in [0, 0.05) is 27.9 Å². The lowest BCUT2D eigenvalue weighted by Gasteiger charge is -2.12. The van der Waals surface area contributed by atoms with Crippen molar-refractivity contribution in [1.82, 2.24) is 5.32 Å². The summed E-state index contributed by atoms with van der Waals surface area (Å²) in [6.07, 6.45) is 0. The smallest absolute Gasteiger partial charge is 0.105 e. The van der Waals surface area contributed by atoms with Crippen LogP contribution in [0, 0.1) is 20.8 Å². The van der Waals surface area contributed by atoms with Crippen LogP contribution in [-0.2, 0) is 6.54 Å². The minimum Gasteiger partial charge on any atom is -0.466 e. The summed E-state index contributed by atoms with van der Waals surface area (Å²) in [7, 11) is 0. The summed E-state index contributed by atoms with van der Waals surface area (Å²) in [6.45, 7) is 9.25. The first-order chi connectivity index (χ1) is 8.06. The largest absolute Gasteiger partial charge is 0.466 e. The summed E-state index contributed by atoms with van der Waals surface area (Å²) in [5.41, 5.74) is 1.26. The second-order valence-electron chi connectivity index (χ2n) is 4.48.